The molecule has 0 fully saturated rings. The number of hydrogen-bond donors (Lipinski definition) is 0. The Balaban J connectivity index is 0.856. The number of nitrogens with zero attached hydrogens (tertiary/aromatic N) is 2. The zero-order chi connectivity index (χ0) is 53.3. The molecule has 0 spiro atoms. The predicted molar refractivity (Wildman–Crippen MR) is 339 cm³/mol. The van der Waals surface area contributed by atoms with E-state index in [0.29, 0.717) is 0 Å². The Morgan fingerprint density at radius 1 is 0.256 bits per heavy atom. The van der Waals surface area contributed by atoms with Crippen LogP contribution in [-0.4, -0.2) is 13.4 Å². The first-order valence-corrected chi connectivity index (χ1v) is 28.1. The molecule has 378 valence electrons. The Kier molecular flexibility index (Phi) is 8.86. The number of anilines is 6. The average molecular weight is 1040 g/mol. The van der Waals surface area contributed by atoms with Crippen LogP contribution in [0.1, 0.15) is 0 Å². The summed E-state index contributed by atoms with van der Waals surface area (Å²) in [5.41, 5.74) is 21.2. The molecule has 4 aliphatic heterocycles. The summed E-state index contributed by atoms with van der Waals surface area (Å²) in [6.45, 7) is -0.290. The molecule has 0 unspecified atom stereocenters. The summed E-state index contributed by atoms with van der Waals surface area (Å²) in [6, 6.07) is 92.2. The summed E-state index contributed by atoms with van der Waals surface area (Å²) in [5, 5.41) is 9.05. The van der Waals surface area contributed by atoms with Gasteiger partial charge < -0.3 is 28.1 Å². The maximum Gasteiger partial charge on any atom is 0.256 e. The molecule has 4 aliphatic rings. The van der Waals surface area contributed by atoms with E-state index < -0.39 is 0 Å². The molecule has 0 saturated carbocycles. The second-order valence-electron chi connectivity index (χ2n) is 22.3. The lowest BCUT2D eigenvalue weighted by molar-refractivity contribution is 0.487. The van der Waals surface area contributed by atoms with E-state index in [1.807, 2.05) is 0 Å². The van der Waals surface area contributed by atoms with Crippen molar-refractivity contribution in [3.05, 3.63) is 255 Å². The van der Waals surface area contributed by atoms with Crippen molar-refractivity contribution in [1.29, 1.82) is 0 Å². The molecule has 0 saturated heterocycles. The zero-order valence-corrected chi connectivity index (χ0v) is 43.9. The number of ether oxygens (including phenoxy) is 2. The van der Waals surface area contributed by atoms with Crippen LogP contribution < -0.4 is 52.1 Å². The maximum absolute atomic E-state index is 7.15. The molecule has 6 heterocycles. The molecule has 0 atom stereocenters. The standard InChI is InChI=1S/C74H42B2N2O4/c1-3-19-51(20-4-1)77-61-42-62-60(41-59(61)75-57-23-11-13-25-67(57)81-71-39-49(35-63(77)73(71)75)47-27-29-65-53(33-47)55-31-43-15-7-9-17-45(43)37-69(55)79-65)76-58-24-12-14-26-68(58)82-72-40-50(36-64(74(72)76)78(62)52-21-5-2-6-22-52)48-28-30-66-54(34-48)56-32-44-16-8-10-18-46(44)38-70(56)80-66/h1-42H. The third kappa shape index (κ3) is 6.26. The van der Waals surface area contributed by atoms with Crippen LogP contribution >= 0.6 is 0 Å². The molecule has 0 aliphatic carbocycles. The van der Waals surface area contributed by atoms with E-state index in [2.05, 4.69) is 265 Å². The van der Waals surface area contributed by atoms with Crippen LogP contribution in [0.4, 0.5) is 34.1 Å². The first-order chi connectivity index (χ1) is 40.6. The predicted octanol–water partition coefficient (Wildman–Crippen LogP) is 15.9. The van der Waals surface area contributed by atoms with Crippen LogP contribution in [-0.2, 0) is 0 Å². The van der Waals surface area contributed by atoms with Gasteiger partial charge in [-0.3, -0.25) is 0 Å². The Hall–Kier alpha value is -10.7. The van der Waals surface area contributed by atoms with Gasteiger partial charge in [0.15, 0.2) is 0 Å². The summed E-state index contributed by atoms with van der Waals surface area (Å²) in [4.78, 5) is 4.96. The first-order valence-electron chi connectivity index (χ1n) is 28.1. The fourth-order valence-corrected chi connectivity index (χ4v) is 14.2. The zero-order valence-electron chi connectivity index (χ0n) is 43.9. The van der Waals surface area contributed by atoms with Gasteiger partial charge >= 0.3 is 0 Å². The van der Waals surface area contributed by atoms with Crippen molar-refractivity contribution in [3.63, 3.8) is 0 Å². The van der Waals surface area contributed by atoms with Crippen LogP contribution in [0, 0.1) is 0 Å². The number of rotatable bonds is 4. The number of benzene rings is 13. The normalized spacial score (nSPS) is 13.5. The SMILES string of the molecule is c1ccc(N2c3cc4c(cc3B3c5ccccc5Oc5cc(-c6ccc7oc8cc9ccccc9cc8c7c6)cc2c53)B2c3ccccc3Oc3cc(-c5ccc6oc7cc8ccccc8cc7c6c5)cc(c32)N4c2ccccc2)cc1. The molecule has 19 rings (SSSR count). The molecule has 82 heavy (non-hydrogen) atoms. The number of para-hydroxylation sites is 4. The van der Waals surface area contributed by atoms with Gasteiger partial charge in [0.1, 0.15) is 45.3 Å². The minimum Gasteiger partial charge on any atom is -0.458 e. The van der Waals surface area contributed by atoms with Gasteiger partial charge in [0, 0.05) is 55.7 Å². The van der Waals surface area contributed by atoms with Gasteiger partial charge in [-0.2, -0.15) is 0 Å². The van der Waals surface area contributed by atoms with Gasteiger partial charge in [-0.15, -0.1) is 0 Å². The van der Waals surface area contributed by atoms with Crippen LogP contribution in [0.3, 0.4) is 0 Å². The number of furan rings is 2. The Morgan fingerprint density at radius 3 is 1.12 bits per heavy atom. The lowest BCUT2D eigenvalue weighted by Gasteiger charge is -2.44. The quantitative estimate of drug-likeness (QED) is 0.164. The highest BCUT2D eigenvalue weighted by Crippen LogP contribution is 2.49. The summed E-state index contributed by atoms with van der Waals surface area (Å²) < 4.78 is 27.4. The monoisotopic (exact) mass is 1040 g/mol. The molecule has 0 amide bonds. The highest BCUT2D eigenvalue weighted by Gasteiger charge is 2.47. The molecule has 0 bridgehead atoms. The molecule has 13 aromatic carbocycles. The van der Waals surface area contributed by atoms with Gasteiger partial charge in [-0.1, -0.05) is 140 Å². The topological polar surface area (TPSA) is 51.2 Å². The molecule has 0 N–H and O–H groups in total. The van der Waals surface area contributed by atoms with Crippen molar-refractivity contribution in [1.82, 2.24) is 0 Å². The van der Waals surface area contributed by atoms with Gasteiger partial charge in [0.2, 0.25) is 0 Å². The highest BCUT2D eigenvalue weighted by molar-refractivity contribution is 7.02. The third-order valence-electron chi connectivity index (χ3n) is 17.8. The van der Waals surface area contributed by atoms with E-state index in [4.69, 9.17) is 18.3 Å². The van der Waals surface area contributed by atoms with Gasteiger partial charge in [-0.05, 0) is 192 Å². The molecule has 2 aromatic heterocycles. The van der Waals surface area contributed by atoms with Gasteiger partial charge in [0.25, 0.3) is 13.4 Å². The van der Waals surface area contributed by atoms with Crippen molar-refractivity contribution in [3.8, 4) is 45.3 Å². The van der Waals surface area contributed by atoms with Gasteiger partial charge in [-0.25, -0.2) is 0 Å². The van der Waals surface area contributed by atoms with Gasteiger partial charge in [0.05, 0.1) is 0 Å². The first kappa shape index (κ1) is 44.2. The molecule has 15 aromatic rings. The van der Waals surface area contributed by atoms with Crippen molar-refractivity contribution >= 4 is 146 Å². The summed E-state index contributed by atoms with van der Waals surface area (Å²) >= 11 is 0. The smallest absolute Gasteiger partial charge is 0.256 e. The molecular weight excluding hydrogens is 1000 g/mol. The molecule has 0 radical (unpaired) electrons. The molecule has 8 heteroatoms. The fraction of sp³-hybridized carbons (Fsp3) is 0. The average Bonchev–Trinajstić information content (AvgIpc) is 2.05. The van der Waals surface area contributed by atoms with E-state index in [1.54, 1.807) is 0 Å². The fourth-order valence-electron chi connectivity index (χ4n) is 14.2. The molecular formula is C74H42B2N2O4. The van der Waals surface area contributed by atoms with E-state index in [0.717, 1.165) is 156 Å². The van der Waals surface area contributed by atoms with E-state index in [-0.39, 0.29) is 13.4 Å². The van der Waals surface area contributed by atoms with Crippen LogP contribution in [0.5, 0.6) is 23.0 Å². The third-order valence-corrected chi connectivity index (χ3v) is 17.8. The summed E-state index contributed by atoms with van der Waals surface area (Å²) in [7, 11) is 0. The number of fused-ring (bicyclic) bond motifs is 16. The van der Waals surface area contributed by atoms with Crippen LogP contribution in [0.25, 0.3) is 87.7 Å². The Morgan fingerprint density at radius 2 is 0.659 bits per heavy atom. The Labute approximate surface area is 471 Å². The maximum atomic E-state index is 7.15. The Bertz CT molecular complexity index is 4960. The van der Waals surface area contributed by atoms with Crippen molar-refractivity contribution < 1.29 is 18.3 Å². The minimum atomic E-state index is -0.145. The van der Waals surface area contributed by atoms with Crippen LogP contribution in [0.15, 0.2) is 264 Å². The second kappa shape index (κ2) is 16.4. The summed E-state index contributed by atoms with van der Waals surface area (Å²) in [5.74, 6) is 3.42. The number of hydrogen-bond acceptors (Lipinski definition) is 6. The van der Waals surface area contributed by atoms with Crippen LogP contribution in [0.2, 0.25) is 0 Å². The lowest BCUT2D eigenvalue weighted by Crippen LogP contribution is -2.63. The largest absolute Gasteiger partial charge is 0.458 e. The second-order valence-corrected chi connectivity index (χ2v) is 22.3. The van der Waals surface area contributed by atoms with Crippen molar-refractivity contribution in [2.75, 3.05) is 9.80 Å². The molecule has 6 nitrogen and oxygen atoms in total. The lowest BCUT2D eigenvalue weighted by atomic mass is 9.31. The van der Waals surface area contributed by atoms with Crippen molar-refractivity contribution in [2.24, 2.45) is 0 Å². The van der Waals surface area contributed by atoms with E-state index in [9.17, 15) is 0 Å². The summed E-state index contributed by atoms with van der Waals surface area (Å²) in [6.07, 6.45) is 0. The van der Waals surface area contributed by atoms with E-state index in [1.165, 1.54) is 21.7 Å². The van der Waals surface area contributed by atoms with Crippen molar-refractivity contribution in [2.45, 2.75) is 0 Å². The van der Waals surface area contributed by atoms with E-state index >= 15 is 0 Å². The minimum absolute atomic E-state index is 0.145. The highest BCUT2D eigenvalue weighted by atomic mass is 16.5.